The Morgan fingerprint density at radius 3 is 1.85 bits per heavy atom. The van der Waals surface area contributed by atoms with Gasteiger partial charge in [0, 0.05) is 29.2 Å². The van der Waals surface area contributed by atoms with Gasteiger partial charge in [-0.2, -0.15) is 0 Å². The summed E-state index contributed by atoms with van der Waals surface area (Å²) in [6, 6.07) is 18.3. The summed E-state index contributed by atoms with van der Waals surface area (Å²) in [5, 5.41) is 2.75. The molecule has 1 aromatic heterocycles. The Kier molecular flexibility index (Phi) is 5.54. The molecule has 0 aliphatic heterocycles. The largest absolute Gasteiger partial charge is 0.322 e. The molecule has 0 unspecified atom stereocenters. The summed E-state index contributed by atoms with van der Waals surface area (Å²) >= 11 is 0. The van der Waals surface area contributed by atoms with Crippen LogP contribution < -0.4 is 16.2 Å². The Morgan fingerprint density at radius 2 is 1.22 bits per heavy atom. The number of hydrazine groups is 1. The van der Waals surface area contributed by atoms with Crippen LogP contribution in [0.15, 0.2) is 79.1 Å². The molecule has 1 heterocycles. The smallest absolute Gasteiger partial charge is 0.271 e. The second-order valence-corrected chi connectivity index (χ2v) is 5.55. The fourth-order valence-electron chi connectivity index (χ4n) is 2.25. The van der Waals surface area contributed by atoms with Crippen LogP contribution in [0.4, 0.5) is 5.69 Å². The quantitative estimate of drug-likeness (QED) is 0.622. The van der Waals surface area contributed by atoms with Crippen molar-refractivity contribution in [2.75, 3.05) is 5.32 Å². The number of hydrogen-bond acceptors (Lipinski definition) is 4. The molecule has 3 N–H and O–H groups in total. The van der Waals surface area contributed by atoms with Crippen molar-refractivity contribution in [2.24, 2.45) is 0 Å². The second-order valence-electron chi connectivity index (χ2n) is 5.55. The van der Waals surface area contributed by atoms with Gasteiger partial charge in [-0.25, -0.2) is 0 Å². The summed E-state index contributed by atoms with van der Waals surface area (Å²) in [5.74, 6) is -1.19. The van der Waals surface area contributed by atoms with Crippen LogP contribution in [0.3, 0.4) is 0 Å². The molecule has 0 fully saturated rings. The lowest BCUT2D eigenvalue weighted by molar-refractivity contribution is 0.0846. The van der Waals surface area contributed by atoms with E-state index in [1.54, 1.807) is 66.9 Å². The topological polar surface area (TPSA) is 100 Å². The first kappa shape index (κ1) is 17.8. The van der Waals surface area contributed by atoms with Gasteiger partial charge in [-0.3, -0.25) is 30.2 Å². The zero-order chi connectivity index (χ0) is 19.1. The first-order chi connectivity index (χ1) is 13.1. The van der Waals surface area contributed by atoms with Crippen molar-refractivity contribution in [1.82, 2.24) is 15.8 Å². The SMILES string of the molecule is O=C(NNC(=O)c1cccnc1)c1ccc(NC(=O)c2ccccc2)cc1. The van der Waals surface area contributed by atoms with E-state index in [1.165, 1.54) is 6.20 Å². The van der Waals surface area contributed by atoms with Gasteiger partial charge in [-0.1, -0.05) is 18.2 Å². The molecular formula is C20H16N4O3. The van der Waals surface area contributed by atoms with E-state index in [9.17, 15) is 14.4 Å². The van der Waals surface area contributed by atoms with E-state index in [0.717, 1.165) is 0 Å². The average Bonchev–Trinajstić information content (AvgIpc) is 2.73. The number of carbonyl (C=O) groups is 3. The molecule has 3 aromatic rings. The van der Waals surface area contributed by atoms with E-state index in [1.807, 2.05) is 6.07 Å². The molecule has 0 aliphatic rings. The normalized spacial score (nSPS) is 9.93. The van der Waals surface area contributed by atoms with Crippen molar-refractivity contribution in [3.05, 3.63) is 95.8 Å². The van der Waals surface area contributed by atoms with Crippen LogP contribution in [0.25, 0.3) is 0 Å². The Labute approximate surface area is 155 Å². The zero-order valence-electron chi connectivity index (χ0n) is 14.2. The van der Waals surface area contributed by atoms with Gasteiger partial charge in [0.15, 0.2) is 0 Å². The van der Waals surface area contributed by atoms with Crippen molar-refractivity contribution in [2.45, 2.75) is 0 Å². The van der Waals surface area contributed by atoms with Gasteiger partial charge in [0.2, 0.25) is 0 Å². The average molecular weight is 360 g/mol. The molecule has 0 spiro atoms. The standard InChI is InChI=1S/C20H16N4O3/c25-18(14-5-2-1-3-6-14)22-17-10-8-15(9-11-17)19(26)23-24-20(27)16-7-4-12-21-13-16/h1-13H,(H,22,25)(H,23,26)(H,24,27). The number of nitrogens with one attached hydrogen (secondary N) is 3. The third kappa shape index (κ3) is 4.76. The summed E-state index contributed by atoms with van der Waals surface area (Å²) in [6.07, 6.45) is 2.94. The minimum Gasteiger partial charge on any atom is -0.322 e. The number of pyridine rings is 1. The summed E-state index contributed by atoms with van der Waals surface area (Å²) in [4.78, 5) is 39.9. The number of nitrogens with zero attached hydrogens (tertiary/aromatic N) is 1. The van der Waals surface area contributed by atoms with E-state index < -0.39 is 11.8 Å². The van der Waals surface area contributed by atoms with Crippen molar-refractivity contribution in [1.29, 1.82) is 0 Å². The van der Waals surface area contributed by atoms with Gasteiger partial charge < -0.3 is 5.32 Å². The number of hydrogen-bond donors (Lipinski definition) is 3. The number of benzene rings is 2. The summed E-state index contributed by atoms with van der Waals surface area (Å²) in [6.45, 7) is 0. The van der Waals surface area contributed by atoms with Crippen molar-refractivity contribution < 1.29 is 14.4 Å². The Hall–Kier alpha value is -4.00. The highest BCUT2D eigenvalue weighted by Gasteiger charge is 2.10. The Balaban J connectivity index is 1.56. The maximum Gasteiger partial charge on any atom is 0.271 e. The number of anilines is 1. The van der Waals surface area contributed by atoms with Crippen LogP contribution in [0, 0.1) is 0 Å². The molecule has 3 rings (SSSR count). The number of rotatable bonds is 4. The van der Waals surface area contributed by atoms with E-state index in [4.69, 9.17) is 0 Å². The van der Waals surface area contributed by atoms with Crippen LogP contribution in [0.2, 0.25) is 0 Å². The highest BCUT2D eigenvalue weighted by molar-refractivity contribution is 6.04. The minimum absolute atomic E-state index is 0.239. The highest BCUT2D eigenvalue weighted by atomic mass is 16.2. The van der Waals surface area contributed by atoms with Gasteiger partial charge in [0.05, 0.1) is 5.56 Å². The fourth-order valence-corrected chi connectivity index (χ4v) is 2.25. The van der Waals surface area contributed by atoms with E-state index >= 15 is 0 Å². The zero-order valence-corrected chi connectivity index (χ0v) is 14.2. The van der Waals surface area contributed by atoms with Crippen LogP contribution >= 0.6 is 0 Å². The third-order valence-corrected chi connectivity index (χ3v) is 3.65. The lowest BCUT2D eigenvalue weighted by atomic mass is 10.1. The van der Waals surface area contributed by atoms with Crippen molar-refractivity contribution in [3.8, 4) is 0 Å². The second kappa shape index (κ2) is 8.39. The van der Waals surface area contributed by atoms with Crippen LogP contribution in [-0.4, -0.2) is 22.7 Å². The molecular weight excluding hydrogens is 344 g/mol. The van der Waals surface area contributed by atoms with Crippen LogP contribution in [0.5, 0.6) is 0 Å². The molecule has 27 heavy (non-hydrogen) atoms. The van der Waals surface area contributed by atoms with Gasteiger partial charge in [-0.05, 0) is 48.5 Å². The van der Waals surface area contributed by atoms with Gasteiger partial charge in [0.25, 0.3) is 17.7 Å². The molecule has 0 aliphatic carbocycles. The molecule has 2 aromatic carbocycles. The van der Waals surface area contributed by atoms with Crippen LogP contribution in [-0.2, 0) is 0 Å². The maximum atomic E-state index is 12.1. The molecule has 0 bridgehead atoms. The molecule has 7 heteroatoms. The number of aromatic nitrogens is 1. The number of carbonyl (C=O) groups excluding carboxylic acids is 3. The predicted octanol–water partition coefficient (Wildman–Crippen LogP) is 2.41. The predicted molar refractivity (Wildman–Crippen MR) is 100 cm³/mol. The maximum absolute atomic E-state index is 12.1. The van der Waals surface area contributed by atoms with Gasteiger partial charge in [0.1, 0.15) is 0 Å². The summed E-state index contributed by atoms with van der Waals surface area (Å²) in [5.41, 5.74) is 6.40. The molecule has 134 valence electrons. The van der Waals surface area contributed by atoms with E-state index in [-0.39, 0.29) is 5.91 Å². The highest BCUT2D eigenvalue weighted by Crippen LogP contribution is 2.11. The number of amides is 3. The van der Waals surface area contributed by atoms with Crippen molar-refractivity contribution in [3.63, 3.8) is 0 Å². The first-order valence-electron chi connectivity index (χ1n) is 8.10. The summed E-state index contributed by atoms with van der Waals surface area (Å²) in [7, 11) is 0. The fraction of sp³-hybridized carbons (Fsp3) is 0. The molecule has 7 nitrogen and oxygen atoms in total. The molecule has 3 amide bonds. The van der Waals surface area contributed by atoms with Crippen molar-refractivity contribution >= 4 is 23.4 Å². The lowest BCUT2D eigenvalue weighted by Crippen LogP contribution is -2.41. The molecule has 0 saturated heterocycles. The Morgan fingerprint density at radius 1 is 0.630 bits per heavy atom. The molecule has 0 atom stereocenters. The van der Waals surface area contributed by atoms with Crippen LogP contribution in [0.1, 0.15) is 31.1 Å². The van der Waals surface area contributed by atoms with E-state index in [0.29, 0.717) is 22.4 Å². The molecule has 0 radical (unpaired) electrons. The summed E-state index contributed by atoms with van der Waals surface area (Å²) < 4.78 is 0. The molecule has 0 saturated carbocycles. The van der Waals surface area contributed by atoms with Gasteiger partial charge >= 0.3 is 0 Å². The first-order valence-corrected chi connectivity index (χ1v) is 8.10. The van der Waals surface area contributed by atoms with Gasteiger partial charge in [-0.15, -0.1) is 0 Å². The van der Waals surface area contributed by atoms with E-state index in [2.05, 4.69) is 21.2 Å². The third-order valence-electron chi connectivity index (χ3n) is 3.65. The lowest BCUT2D eigenvalue weighted by Gasteiger charge is -2.08. The minimum atomic E-state index is -0.479. The Bertz CT molecular complexity index is 942. The monoisotopic (exact) mass is 360 g/mol.